The molecule has 0 fully saturated rings. The van der Waals surface area contributed by atoms with E-state index < -0.39 is 0 Å². The van der Waals surface area contributed by atoms with Crippen molar-refractivity contribution in [3.05, 3.63) is 88.9 Å². The summed E-state index contributed by atoms with van der Waals surface area (Å²) in [6.07, 6.45) is 1.11. The van der Waals surface area contributed by atoms with Gasteiger partial charge in [0, 0.05) is 28.0 Å². The highest BCUT2D eigenvalue weighted by molar-refractivity contribution is 9.10. The van der Waals surface area contributed by atoms with Crippen molar-refractivity contribution in [2.75, 3.05) is 22.5 Å². The average molecular weight is 452 g/mol. The molecule has 0 heterocycles. The molecule has 0 saturated carbocycles. The molecule has 0 unspecified atom stereocenters. The molecule has 148 valence electrons. The van der Waals surface area contributed by atoms with E-state index in [0.717, 1.165) is 21.4 Å². The minimum Gasteiger partial charge on any atom is -0.376 e. The van der Waals surface area contributed by atoms with Crippen molar-refractivity contribution in [3.63, 3.8) is 0 Å². The molecule has 0 aliphatic carbocycles. The summed E-state index contributed by atoms with van der Waals surface area (Å²) in [5.41, 5.74) is 3.32. The second-order valence-electron chi connectivity index (χ2n) is 6.53. The number of rotatable bonds is 8. The lowest BCUT2D eigenvalue weighted by Gasteiger charge is -2.10. The molecule has 0 atom stereocenters. The van der Waals surface area contributed by atoms with Crippen LogP contribution in [0.2, 0.25) is 0 Å². The van der Waals surface area contributed by atoms with Crippen molar-refractivity contribution in [2.45, 2.75) is 12.8 Å². The zero-order valence-corrected chi connectivity index (χ0v) is 17.4. The Bertz CT molecular complexity index is 977. The lowest BCUT2D eigenvalue weighted by Crippen LogP contribution is -2.21. The van der Waals surface area contributed by atoms with Gasteiger partial charge in [-0.05, 0) is 48.4 Å². The summed E-state index contributed by atoms with van der Waals surface area (Å²) >= 11 is 3.38. The molecule has 0 bridgehead atoms. The fraction of sp³-hybridized carbons (Fsp3) is 0.130. The molecule has 0 saturated heterocycles. The summed E-state index contributed by atoms with van der Waals surface area (Å²) in [6.45, 7) is 0.123. The standard InChI is InChI=1S/C23H22BrN3O2/c24-18-8-4-10-20(14-18)27-23(29)16-25-19-9-5-11-21(15-19)26-22(28)13-12-17-6-2-1-3-7-17/h1-11,14-15,25H,12-13,16H2,(H,26,28)(H,27,29). The summed E-state index contributed by atoms with van der Waals surface area (Å²) < 4.78 is 0.902. The topological polar surface area (TPSA) is 70.2 Å². The van der Waals surface area contributed by atoms with Crippen LogP contribution in [0.1, 0.15) is 12.0 Å². The number of hydrogen-bond acceptors (Lipinski definition) is 3. The van der Waals surface area contributed by atoms with E-state index in [1.165, 1.54) is 0 Å². The van der Waals surface area contributed by atoms with Crippen LogP contribution in [-0.4, -0.2) is 18.4 Å². The van der Waals surface area contributed by atoms with Crippen LogP contribution in [0.15, 0.2) is 83.3 Å². The van der Waals surface area contributed by atoms with Gasteiger partial charge in [0.1, 0.15) is 0 Å². The van der Waals surface area contributed by atoms with E-state index in [9.17, 15) is 9.59 Å². The molecule has 0 aromatic heterocycles. The molecule has 2 amide bonds. The zero-order valence-electron chi connectivity index (χ0n) is 15.8. The molecule has 0 aliphatic rings. The van der Waals surface area contributed by atoms with Crippen molar-refractivity contribution >= 4 is 44.8 Å². The minimum absolute atomic E-state index is 0.0431. The van der Waals surface area contributed by atoms with E-state index in [0.29, 0.717) is 18.5 Å². The van der Waals surface area contributed by atoms with Gasteiger partial charge in [0.2, 0.25) is 11.8 Å². The number of hydrogen-bond donors (Lipinski definition) is 3. The van der Waals surface area contributed by atoms with Crippen molar-refractivity contribution < 1.29 is 9.59 Å². The first-order valence-electron chi connectivity index (χ1n) is 9.31. The maximum Gasteiger partial charge on any atom is 0.243 e. The Morgan fingerprint density at radius 3 is 2.14 bits per heavy atom. The number of carbonyl (C=O) groups excluding carboxylic acids is 2. The number of halogens is 1. The number of anilines is 3. The van der Waals surface area contributed by atoms with Crippen LogP contribution in [0.4, 0.5) is 17.1 Å². The van der Waals surface area contributed by atoms with Gasteiger partial charge in [0.05, 0.1) is 6.54 Å². The highest BCUT2D eigenvalue weighted by Crippen LogP contribution is 2.17. The third kappa shape index (κ3) is 7.08. The Kier molecular flexibility index (Phi) is 7.41. The molecule has 3 N–H and O–H groups in total. The number of benzene rings is 3. The summed E-state index contributed by atoms with van der Waals surface area (Å²) in [4.78, 5) is 24.3. The molecular weight excluding hydrogens is 430 g/mol. The zero-order chi connectivity index (χ0) is 20.5. The first kappa shape index (κ1) is 20.6. The largest absolute Gasteiger partial charge is 0.376 e. The summed E-state index contributed by atoms with van der Waals surface area (Å²) in [6, 6.07) is 24.7. The predicted octanol–water partition coefficient (Wildman–Crippen LogP) is 5.07. The van der Waals surface area contributed by atoms with E-state index in [2.05, 4.69) is 31.9 Å². The van der Waals surface area contributed by atoms with E-state index >= 15 is 0 Å². The van der Waals surface area contributed by atoms with E-state index in [-0.39, 0.29) is 18.4 Å². The Hall–Kier alpha value is -3.12. The molecule has 3 aromatic carbocycles. The van der Waals surface area contributed by atoms with Gasteiger partial charge in [-0.15, -0.1) is 0 Å². The Morgan fingerprint density at radius 2 is 1.38 bits per heavy atom. The molecule has 3 rings (SSSR count). The van der Waals surface area contributed by atoms with Gasteiger partial charge >= 0.3 is 0 Å². The van der Waals surface area contributed by atoms with Gasteiger partial charge in [-0.25, -0.2) is 0 Å². The normalized spacial score (nSPS) is 10.2. The first-order chi connectivity index (χ1) is 14.1. The Labute approximate surface area is 178 Å². The number of nitrogens with one attached hydrogen (secondary N) is 3. The van der Waals surface area contributed by atoms with E-state index in [4.69, 9.17) is 0 Å². The summed E-state index contributed by atoms with van der Waals surface area (Å²) in [5.74, 6) is -0.196. The van der Waals surface area contributed by atoms with Crippen LogP contribution in [-0.2, 0) is 16.0 Å². The van der Waals surface area contributed by atoms with E-state index in [1.807, 2.05) is 78.9 Å². The van der Waals surface area contributed by atoms with Gasteiger partial charge < -0.3 is 16.0 Å². The third-order valence-corrected chi connectivity index (χ3v) is 4.68. The summed E-state index contributed by atoms with van der Waals surface area (Å²) in [5, 5.41) is 8.81. The minimum atomic E-state index is -0.152. The first-order valence-corrected chi connectivity index (χ1v) is 10.1. The number of amides is 2. The van der Waals surface area contributed by atoms with Gasteiger partial charge in [0.15, 0.2) is 0 Å². The lowest BCUT2D eigenvalue weighted by molar-refractivity contribution is -0.116. The SMILES string of the molecule is O=C(CCc1ccccc1)Nc1cccc(NCC(=O)Nc2cccc(Br)c2)c1. The maximum atomic E-state index is 12.2. The van der Waals surface area contributed by atoms with Gasteiger partial charge in [-0.1, -0.05) is 58.4 Å². The molecule has 0 aliphatic heterocycles. The Morgan fingerprint density at radius 1 is 0.724 bits per heavy atom. The van der Waals surface area contributed by atoms with Gasteiger partial charge in [-0.3, -0.25) is 9.59 Å². The second-order valence-corrected chi connectivity index (χ2v) is 7.44. The lowest BCUT2D eigenvalue weighted by atomic mass is 10.1. The predicted molar refractivity (Wildman–Crippen MR) is 121 cm³/mol. The highest BCUT2D eigenvalue weighted by atomic mass is 79.9. The van der Waals surface area contributed by atoms with Crippen LogP contribution >= 0.6 is 15.9 Å². The van der Waals surface area contributed by atoms with Crippen molar-refractivity contribution in [2.24, 2.45) is 0 Å². The second kappa shape index (κ2) is 10.4. The highest BCUT2D eigenvalue weighted by Gasteiger charge is 2.06. The van der Waals surface area contributed by atoms with Crippen molar-refractivity contribution in [1.29, 1.82) is 0 Å². The smallest absolute Gasteiger partial charge is 0.243 e. The molecule has 29 heavy (non-hydrogen) atoms. The van der Waals surface area contributed by atoms with Crippen LogP contribution in [0.5, 0.6) is 0 Å². The fourth-order valence-corrected chi connectivity index (χ4v) is 3.19. The molecular formula is C23H22BrN3O2. The summed E-state index contributed by atoms with van der Waals surface area (Å²) in [7, 11) is 0. The molecule has 6 heteroatoms. The maximum absolute atomic E-state index is 12.2. The van der Waals surface area contributed by atoms with Crippen molar-refractivity contribution in [3.8, 4) is 0 Å². The molecule has 0 spiro atoms. The Balaban J connectivity index is 1.47. The molecule has 0 radical (unpaired) electrons. The monoisotopic (exact) mass is 451 g/mol. The van der Waals surface area contributed by atoms with E-state index in [1.54, 1.807) is 0 Å². The quantitative estimate of drug-likeness (QED) is 0.447. The average Bonchev–Trinajstić information content (AvgIpc) is 2.72. The third-order valence-electron chi connectivity index (χ3n) is 4.19. The molecule has 5 nitrogen and oxygen atoms in total. The fourth-order valence-electron chi connectivity index (χ4n) is 2.79. The van der Waals surface area contributed by atoms with Crippen molar-refractivity contribution in [1.82, 2.24) is 0 Å². The van der Waals surface area contributed by atoms with Crippen LogP contribution in [0.3, 0.4) is 0 Å². The van der Waals surface area contributed by atoms with Crippen LogP contribution in [0, 0.1) is 0 Å². The molecule has 3 aromatic rings. The van der Waals surface area contributed by atoms with Crippen LogP contribution < -0.4 is 16.0 Å². The van der Waals surface area contributed by atoms with Gasteiger partial charge in [0.25, 0.3) is 0 Å². The number of aryl methyl sites for hydroxylation is 1. The van der Waals surface area contributed by atoms with Gasteiger partial charge in [-0.2, -0.15) is 0 Å². The number of carbonyl (C=O) groups is 2. The van der Waals surface area contributed by atoms with Crippen LogP contribution in [0.25, 0.3) is 0 Å².